The summed E-state index contributed by atoms with van der Waals surface area (Å²) in [6.45, 7) is 0. The van der Waals surface area contributed by atoms with Gasteiger partial charge in [0.25, 0.3) is 0 Å². The van der Waals surface area contributed by atoms with Crippen molar-refractivity contribution in [3.63, 3.8) is 0 Å². The second-order valence-corrected chi connectivity index (χ2v) is 14.5. The van der Waals surface area contributed by atoms with Crippen molar-refractivity contribution in [1.29, 1.82) is 0 Å². The summed E-state index contributed by atoms with van der Waals surface area (Å²) in [4.78, 5) is 10.4. The molecule has 0 bridgehead atoms. The van der Waals surface area contributed by atoms with Crippen molar-refractivity contribution in [2.75, 3.05) is 0 Å². The van der Waals surface area contributed by atoms with Crippen LogP contribution in [0.15, 0.2) is 194 Å². The van der Waals surface area contributed by atoms with E-state index >= 15 is 0 Å². The van der Waals surface area contributed by atoms with Gasteiger partial charge in [-0.15, -0.1) is 0 Å². The lowest BCUT2D eigenvalue weighted by Gasteiger charge is -2.15. The number of benzene rings is 9. The van der Waals surface area contributed by atoms with Crippen molar-refractivity contribution in [3.8, 4) is 34.0 Å². The van der Waals surface area contributed by atoms with Gasteiger partial charge >= 0.3 is 0 Å². The van der Waals surface area contributed by atoms with Crippen LogP contribution in [0.5, 0.6) is 0 Å². The van der Waals surface area contributed by atoms with Crippen LogP contribution in [0.2, 0.25) is 0 Å². The largest absolute Gasteiger partial charge is 0.309 e. The molecule has 9 aromatic carbocycles. The summed E-state index contributed by atoms with van der Waals surface area (Å²) in [5, 5.41) is 10.7. The van der Waals surface area contributed by atoms with E-state index in [1.54, 1.807) is 0 Å². The lowest BCUT2D eigenvalue weighted by Crippen LogP contribution is -1.98. The van der Waals surface area contributed by atoms with E-state index in [9.17, 15) is 0 Å². The molecular formula is C52H32N4. The summed E-state index contributed by atoms with van der Waals surface area (Å²) in [6.07, 6.45) is 0. The molecule has 0 atom stereocenters. The average Bonchev–Trinajstić information content (AvgIpc) is 3.77. The Morgan fingerprint density at radius 2 is 1.02 bits per heavy atom. The number of nitrogens with zero attached hydrogens (tertiary/aromatic N) is 4. The van der Waals surface area contributed by atoms with E-state index in [1.807, 2.05) is 12.1 Å². The van der Waals surface area contributed by atoms with Gasteiger partial charge in [0.2, 0.25) is 0 Å². The third kappa shape index (κ3) is 4.47. The highest BCUT2D eigenvalue weighted by Gasteiger charge is 2.21. The van der Waals surface area contributed by atoms with E-state index in [4.69, 9.17) is 9.97 Å². The smallest absolute Gasteiger partial charge is 0.161 e. The van der Waals surface area contributed by atoms with Gasteiger partial charge in [0.1, 0.15) is 0 Å². The van der Waals surface area contributed by atoms with E-state index in [0.29, 0.717) is 5.82 Å². The van der Waals surface area contributed by atoms with Crippen LogP contribution in [0, 0.1) is 0 Å². The van der Waals surface area contributed by atoms with Crippen LogP contribution in [-0.4, -0.2) is 19.1 Å². The van der Waals surface area contributed by atoms with E-state index in [0.717, 1.165) is 55.4 Å². The fourth-order valence-electron chi connectivity index (χ4n) is 9.04. The maximum absolute atomic E-state index is 5.28. The van der Waals surface area contributed by atoms with E-state index < -0.39 is 0 Å². The highest BCUT2D eigenvalue weighted by Crippen LogP contribution is 2.43. The fourth-order valence-corrected chi connectivity index (χ4v) is 9.04. The second kappa shape index (κ2) is 12.0. The highest BCUT2D eigenvalue weighted by atomic mass is 15.0. The van der Waals surface area contributed by atoms with Crippen LogP contribution in [-0.2, 0) is 0 Å². The second-order valence-electron chi connectivity index (χ2n) is 14.5. The first-order valence-corrected chi connectivity index (χ1v) is 19.1. The Labute approximate surface area is 322 Å². The number of hydrogen-bond donors (Lipinski definition) is 0. The van der Waals surface area contributed by atoms with Crippen LogP contribution < -0.4 is 0 Å². The van der Waals surface area contributed by atoms with Gasteiger partial charge in [0.05, 0.1) is 39.0 Å². The van der Waals surface area contributed by atoms with Crippen molar-refractivity contribution < 1.29 is 0 Å². The zero-order chi connectivity index (χ0) is 36.7. The molecule has 0 amide bonds. The van der Waals surface area contributed by atoms with Crippen molar-refractivity contribution in [1.82, 2.24) is 19.1 Å². The van der Waals surface area contributed by atoms with Crippen LogP contribution in [0.3, 0.4) is 0 Å². The molecule has 0 spiro atoms. The summed E-state index contributed by atoms with van der Waals surface area (Å²) in [6, 6.07) is 69.6. The molecule has 0 aliphatic heterocycles. The molecule has 3 heterocycles. The molecule has 56 heavy (non-hydrogen) atoms. The summed E-state index contributed by atoms with van der Waals surface area (Å²) >= 11 is 0. The van der Waals surface area contributed by atoms with Gasteiger partial charge < -0.3 is 9.13 Å². The van der Waals surface area contributed by atoms with Crippen LogP contribution >= 0.6 is 0 Å². The summed E-state index contributed by atoms with van der Waals surface area (Å²) in [5.74, 6) is 0.717. The lowest BCUT2D eigenvalue weighted by molar-refractivity contribution is 1.17. The number of para-hydroxylation sites is 3. The van der Waals surface area contributed by atoms with E-state index in [-0.39, 0.29) is 0 Å². The monoisotopic (exact) mass is 712 g/mol. The molecule has 0 unspecified atom stereocenters. The molecule has 12 rings (SSSR count). The van der Waals surface area contributed by atoms with Crippen molar-refractivity contribution in [2.24, 2.45) is 0 Å². The molecule has 4 heteroatoms. The molecule has 260 valence electrons. The predicted molar refractivity (Wildman–Crippen MR) is 234 cm³/mol. The van der Waals surface area contributed by atoms with Crippen molar-refractivity contribution in [3.05, 3.63) is 194 Å². The Hall–Kier alpha value is -7.56. The first-order chi connectivity index (χ1) is 27.8. The van der Waals surface area contributed by atoms with Crippen LogP contribution in [0.4, 0.5) is 0 Å². The van der Waals surface area contributed by atoms with E-state index in [2.05, 4.69) is 191 Å². The minimum Gasteiger partial charge on any atom is -0.309 e. The Morgan fingerprint density at radius 1 is 0.357 bits per heavy atom. The zero-order valence-electron chi connectivity index (χ0n) is 30.3. The molecule has 0 saturated carbocycles. The standard InChI is InChI=1S/C52H32N4/c1-3-16-34(17-4-1)50-42-22-9-11-26-45(42)53-52(54-50)41-25-13-24-38-37(41)23-14-28-47(38)56-46-27-12-10-21-39(46)43-31-44-40-30-29-33-15-7-8-20-36(33)51(40)55(48(44)32-49(43)56)35-18-5-2-6-19-35/h1-32H. The number of fused-ring (bicyclic) bond motifs is 10. The zero-order valence-corrected chi connectivity index (χ0v) is 30.3. The molecule has 0 aliphatic rings. The third-order valence-electron chi connectivity index (χ3n) is 11.5. The highest BCUT2D eigenvalue weighted by molar-refractivity contribution is 6.23. The molecule has 0 N–H and O–H groups in total. The van der Waals surface area contributed by atoms with Gasteiger partial charge in [0.15, 0.2) is 5.82 Å². The normalized spacial score (nSPS) is 11.9. The first-order valence-electron chi connectivity index (χ1n) is 19.1. The molecule has 4 nitrogen and oxygen atoms in total. The quantitative estimate of drug-likeness (QED) is 0.182. The van der Waals surface area contributed by atoms with Gasteiger partial charge in [-0.1, -0.05) is 152 Å². The van der Waals surface area contributed by atoms with Gasteiger partial charge in [-0.25, -0.2) is 9.97 Å². The minimum absolute atomic E-state index is 0.717. The summed E-state index contributed by atoms with van der Waals surface area (Å²) in [7, 11) is 0. The lowest BCUT2D eigenvalue weighted by atomic mass is 10.0. The summed E-state index contributed by atoms with van der Waals surface area (Å²) < 4.78 is 4.91. The topological polar surface area (TPSA) is 35.6 Å². The Kier molecular flexibility index (Phi) is 6.60. The molecule has 0 aliphatic carbocycles. The van der Waals surface area contributed by atoms with Gasteiger partial charge in [-0.2, -0.15) is 0 Å². The molecular weight excluding hydrogens is 681 g/mol. The molecule has 12 aromatic rings. The maximum Gasteiger partial charge on any atom is 0.161 e. The number of hydrogen-bond acceptors (Lipinski definition) is 2. The third-order valence-corrected chi connectivity index (χ3v) is 11.5. The predicted octanol–water partition coefficient (Wildman–Crippen LogP) is 13.5. The van der Waals surface area contributed by atoms with Crippen LogP contribution in [0.1, 0.15) is 0 Å². The number of aromatic nitrogens is 4. The summed E-state index contributed by atoms with van der Waals surface area (Å²) in [5.41, 5.74) is 10.9. The van der Waals surface area contributed by atoms with Gasteiger partial charge in [-0.3, -0.25) is 0 Å². The molecule has 0 radical (unpaired) electrons. The fraction of sp³-hybridized carbons (Fsp3) is 0. The SMILES string of the molecule is c1ccc(-c2nc(-c3cccc4c(-n5c6ccccc6c6cc7c8ccc9ccccc9c8n(-c8ccccc8)c7cc65)cccc34)nc3ccccc23)cc1. The van der Waals surface area contributed by atoms with Crippen molar-refractivity contribution in [2.45, 2.75) is 0 Å². The first kappa shape index (κ1) is 30.9. The van der Waals surface area contributed by atoms with Crippen LogP contribution in [0.25, 0.3) is 110 Å². The van der Waals surface area contributed by atoms with Gasteiger partial charge in [-0.05, 0) is 53.2 Å². The number of rotatable bonds is 4. The minimum atomic E-state index is 0.717. The Morgan fingerprint density at radius 3 is 1.89 bits per heavy atom. The molecule has 3 aromatic heterocycles. The molecule has 0 fully saturated rings. The van der Waals surface area contributed by atoms with Gasteiger partial charge in [0, 0.05) is 54.5 Å². The maximum atomic E-state index is 5.28. The molecule has 0 saturated heterocycles. The average molecular weight is 713 g/mol. The Bertz CT molecular complexity index is 3520. The van der Waals surface area contributed by atoms with Crippen molar-refractivity contribution >= 4 is 76.1 Å². The Balaban J connectivity index is 1.16. The van der Waals surface area contributed by atoms with E-state index in [1.165, 1.54) is 48.9 Å².